The maximum absolute atomic E-state index is 13.2. The molecule has 0 rings (SSSR count). The zero-order valence-corrected chi connectivity index (χ0v) is 23.0. The van der Waals surface area contributed by atoms with E-state index in [9.17, 15) is 29.4 Å². The molecule has 0 fully saturated rings. The third kappa shape index (κ3) is 14.7. The number of hydrogen-bond acceptors (Lipinski definition) is 8. The summed E-state index contributed by atoms with van der Waals surface area (Å²) >= 11 is 0. The molecule has 0 saturated carbocycles. The fourth-order valence-electron chi connectivity index (χ4n) is 3.65. The number of primary amides is 1. The average Bonchev–Trinajstić information content (AvgIpc) is 2.85. The zero-order chi connectivity index (χ0) is 29.3. The molecule has 220 valence electrons. The van der Waals surface area contributed by atoms with Gasteiger partial charge in [-0.15, -0.1) is 0 Å². The lowest BCUT2D eigenvalue weighted by Crippen LogP contribution is -2.61. The number of nitrogens with zero attached hydrogens (tertiary/aromatic N) is 1. The van der Waals surface area contributed by atoms with Gasteiger partial charge in [0.15, 0.2) is 5.96 Å². The van der Waals surface area contributed by atoms with Gasteiger partial charge in [0.1, 0.15) is 12.3 Å². The molecule has 38 heavy (non-hydrogen) atoms. The topological polar surface area (TPSA) is 247 Å². The van der Waals surface area contributed by atoms with Gasteiger partial charge in [0, 0.05) is 25.9 Å². The fraction of sp³-hybridized carbons (Fsp3) is 0.792. The molecule has 0 radical (unpaired) electrons. The van der Waals surface area contributed by atoms with Gasteiger partial charge >= 0.3 is 0 Å². The minimum Gasteiger partial charge on any atom is -0.391 e. The standard InChI is InChI=1S/C24H48N8O6/c1-5-6-9-16(21(36)28-4)31-23(38)19(15(3)33)32-22(37)17(10-7-8-13-29-24(26)27)30-20(35)14(2)11-12-18(25)34/h14-17,19,23,31,33,38H,5-13H2,1-4H3,(H2,25,34)(H,28,36)(H,30,35)(H,32,37)(H4,26,27,29)/t14-,15?,16-,17-,19-,23-/m0/s1. The van der Waals surface area contributed by atoms with Crippen molar-refractivity contribution in [3.63, 3.8) is 0 Å². The van der Waals surface area contributed by atoms with Gasteiger partial charge in [-0.25, -0.2) is 0 Å². The smallest absolute Gasteiger partial charge is 0.243 e. The predicted molar refractivity (Wildman–Crippen MR) is 144 cm³/mol. The van der Waals surface area contributed by atoms with E-state index in [1.54, 1.807) is 6.92 Å². The summed E-state index contributed by atoms with van der Waals surface area (Å²) in [6.07, 6.45) is 0.879. The number of carbonyl (C=O) groups excluding carboxylic acids is 4. The highest BCUT2D eigenvalue weighted by molar-refractivity contribution is 5.89. The Kier molecular flexibility index (Phi) is 17.7. The SMILES string of the molecule is CCCC[C@H](N[C@@H](O)[C@@H](NC(=O)[C@H](CCCCN=C(N)N)NC(=O)[C@@H](C)CCC(N)=O)C(C)O)C(=O)NC. The molecule has 14 nitrogen and oxygen atoms in total. The number of likely N-dealkylation sites (N-methyl/N-ethyl adjacent to an activating group) is 1. The minimum absolute atomic E-state index is 0.0243. The maximum Gasteiger partial charge on any atom is 0.243 e. The van der Waals surface area contributed by atoms with Crippen LogP contribution in [-0.2, 0) is 19.2 Å². The summed E-state index contributed by atoms with van der Waals surface area (Å²) in [6, 6.07) is -2.91. The van der Waals surface area contributed by atoms with Crippen LogP contribution >= 0.6 is 0 Å². The molecule has 0 heterocycles. The molecule has 14 heteroatoms. The first kappa shape index (κ1) is 35.0. The molecule has 0 aromatic heterocycles. The first-order chi connectivity index (χ1) is 17.8. The Balaban J connectivity index is 5.52. The number of guanidine groups is 1. The normalized spacial score (nSPS) is 15.7. The van der Waals surface area contributed by atoms with Gasteiger partial charge < -0.3 is 43.4 Å². The summed E-state index contributed by atoms with van der Waals surface area (Å²) in [7, 11) is 1.48. The zero-order valence-electron chi connectivity index (χ0n) is 23.0. The molecule has 0 aromatic rings. The van der Waals surface area contributed by atoms with Crippen molar-refractivity contribution in [3.8, 4) is 0 Å². The lowest BCUT2D eigenvalue weighted by atomic mass is 10.0. The Morgan fingerprint density at radius 3 is 2.00 bits per heavy atom. The maximum atomic E-state index is 13.2. The molecule has 0 saturated heterocycles. The van der Waals surface area contributed by atoms with Crippen LogP contribution in [0.25, 0.3) is 0 Å². The van der Waals surface area contributed by atoms with Crippen LogP contribution in [0.3, 0.4) is 0 Å². The number of aliphatic hydroxyl groups is 2. The van der Waals surface area contributed by atoms with Crippen molar-refractivity contribution in [2.24, 2.45) is 28.1 Å². The van der Waals surface area contributed by atoms with Crippen LogP contribution in [0, 0.1) is 5.92 Å². The number of rotatable bonds is 20. The Morgan fingerprint density at radius 1 is 0.842 bits per heavy atom. The van der Waals surface area contributed by atoms with Gasteiger partial charge in [-0.1, -0.05) is 26.7 Å². The molecule has 12 N–H and O–H groups in total. The lowest BCUT2D eigenvalue weighted by molar-refractivity contribution is -0.133. The highest BCUT2D eigenvalue weighted by Gasteiger charge is 2.32. The Hall–Kier alpha value is -2.97. The fourth-order valence-corrected chi connectivity index (χ4v) is 3.65. The van der Waals surface area contributed by atoms with Crippen molar-refractivity contribution in [3.05, 3.63) is 0 Å². The molecule has 0 bridgehead atoms. The summed E-state index contributed by atoms with van der Waals surface area (Å²) < 4.78 is 0. The molecular weight excluding hydrogens is 496 g/mol. The van der Waals surface area contributed by atoms with E-state index >= 15 is 0 Å². The number of aliphatic hydroxyl groups excluding tert-OH is 2. The summed E-state index contributed by atoms with van der Waals surface area (Å²) in [6.45, 7) is 5.33. The van der Waals surface area contributed by atoms with E-state index < -0.39 is 54.1 Å². The molecule has 0 aliphatic heterocycles. The van der Waals surface area contributed by atoms with Gasteiger partial charge in [0.05, 0.1) is 18.2 Å². The van der Waals surface area contributed by atoms with E-state index in [1.807, 2.05) is 6.92 Å². The predicted octanol–water partition coefficient (Wildman–Crippen LogP) is -2.11. The number of amides is 4. The van der Waals surface area contributed by atoms with Gasteiger partial charge in [-0.05, 0) is 39.0 Å². The van der Waals surface area contributed by atoms with Crippen molar-refractivity contribution < 1.29 is 29.4 Å². The van der Waals surface area contributed by atoms with E-state index in [0.29, 0.717) is 25.8 Å². The van der Waals surface area contributed by atoms with Crippen LogP contribution in [0.2, 0.25) is 0 Å². The first-order valence-corrected chi connectivity index (χ1v) is 13.1. The first-order valence-electron chi connectivity index (χ1n) is 13.1. The van der Waals surface area contributed by atoms with Gasteiger partial charge in [0.25, 0.3) is 0 Å². The number of carbonyl (C=O) groups is 4. The largest absolute Gasteiger partial charge is 0.391 e. The second-order valence-corrected chi connectivity index (χ2v) is 9.47. The molecule has 0 spiro atoms. The van der Waals surface area contributed by atoms with Crippen LogP contribution in [0.4, 0.5) is 0 Å². The third-order valence-corrected chi connectivity index (χ3v) is 6.05. The minimum atomic E-state index is -1.45. The van der Waals surface area contributed by atoms with Crippen LogP contribution < -0.4 is 38.5 Å². The van der Waals surface area contributed by atoms with E-state index in [-0.39, 0.29) is 31.1 Å². The number of hydrogen-bond donors (Lipinski definition) is 9. The van der Waals surface area contributed by atoms with Crippen LogP contribution in [0.1, 0.15) is 72.1 Å². The average molecular weight is 545 g/mol. The number of aliphatic imine (C=N–C) groups is 1. The Bertz CT molecular complexity index is 775. The molecule has 1 unspecified atom stereocenters. The van der Waals surface area contributed by atoms with Gasteiger partial charge in [0.2, 0.25) is 23.6 Å². The molecule has 0 aliphatic rings. The van der Waals surface area contributed by atoms with E-state index in [0.717, 1.165) is 12.8 Å². The Labute approximate surface area is 224 Å². The molecule has 0 aromatic carbocycles. The summed E-state index contributed by atoms with van der Waals surface area (Å²) in [5.41, 5.74) is 15.8. The highest BCUT2D eigenvalue weighted by atomic mass is 16.3. The number of nitrogens with one attached hydrogen (secondary N) is 4. The molecule has 4 amide bonds. The monoisotopic (exact) mass is 544 g/mol. The summed E-state index contributed by atoms with van der Waals surface area (Å²) in [5.74, 6) is -2.56. The van der Waals surface area contributed by atoms with Crippen molar-refractivity contribution in [1.82, 2.24) is 21.3 Å². The molecular formula is C24H48N8O6. The second-order valence-electron chi connectivity index (χ2n) is 9.47. The summed E-state index contributed by atoms with van der Waals surface area (Å²) in [4.78, 5) is 53.1. The molecule has 0 aliphatic carbocycles. The number of nitrogens with two attached hydrogens (primary N) is 3. The number of unbranched alkanes of at least 4 members (excludes halogenated alkanes) is 2. The molecule has 6 atom stereocenters. The quantitative estimate of drug-likeness (QED) is 0.0352. The second kappa shape index (κ2) is 19.2. The van der Waals surface area contributed by atoms with Crippen molar-refractivity contribution in [1.29, 1.82) is 0 Å². The van der Waals surface area contributed by atoms with E-state index in [1.165, 1.54) is 14.0 Å². The van der Waals surface area contributed by atoms with Crippen LogP contribution in [0.5, 0.6) is 0 Å². The van der Waals surface area contributed by atoms with Gasteiger partial charge in [-0.2, -0.15) is 0 Å². The Morgan fingerprint density at radius 2 is 1.47 bits per heavy atom. The van der Waals surface area contributed by atoms with Crippen molar-refractivity contribution in [2.45, 2.75) is 103 Å². The van der Waals surface area contributed by atoms with E-state index in [4.69, 9.17) is 17.2 Å². The lowest BCUT2D eigenvalue weighted by Gasteiger charge is -2.31. The third-order valence-electron chi connectivity index (χ3n) is 6.05. The van der Waals surface area contributed by atoms with Crippen molar-refractivity contribution >= 4 is 29.6 Å². The van der Waals surface area contributed by atoms with Crippen molar-refractivity contribution in [2.75, 3.05) is 13.6 Å². The van der Waals surface area contributed by atoms with Crippen LogP contribution in [-0.4, -0.2) is 83.9 Å². The van der Waals surface area contributed by atoms with Gasteiger partial charge in [-0.3, -0.25) is 29.5 Å². The highest BCUT2D eigenvalue weighted by Crippen LogP contribution is 2.10. The van der Waals surface area contributed by atoms with Crippen LogP contribution in [0.15, 0.2) is 4.99 Å². The summed E-state index contributed by atoms with van der Waals surface area (Å²) in [5, 5.41) is 31.7. The van der Waals surface area contributed by atoms with E-state index in [2.05, 4.69) is 26.3 Å².